The number of halogens is 1. The van der Waals surface area contributed by atoms with Gasteiger partial charge < -0.3 is 5.73 Å². The summed E-state index contributed by atoms with van der Waals surface area (Å²) in [5, 5.41) is 6.88. The third-order valence-corrected chi connectivity index (χ3v) is 2.19. The first-order chi connectivity index (χ1) is 7.31. The van der Waals surface area contributed by atoms with E-state index in [0.29, 0.717) is 17.8 Å². The van der Waals surface area contributed by atoms with Gasteiger partial charge in [-0.25, -0.2) is 4.39 Å². The van der Waals surface area contributed by atoms with Crippen LogP contribution in [0.4, 0.5) is 4.39 Å². The molecule has 78 valence electrons. The van der Waals surface area contributed by atoms with Crippen LogP contribution < -0.4 is 5.73 Å². The molecule has 2 aromatic rings. The average molecular weight is 205 g/mol. The molecule has 0 aliphatic carbocycles. The lowest BCUT2D eigenvalue weighted by Gasteiger charge is -1.96. The van der Waals surface area contributed by atoms with Crippen LogP contribution in [0, 0.1) is 5.82 Å². The van der Waals surface area contributed by atoms with Crippen molar-refractivity contribution < 1.29 is 4.39 Å². The highest BCUT2D eigenvalue weighted by Gasteiger charge is 2.07. The highest BCUT2D eigenvalue weighted by molar-refractivity contribution is 5.59. The van der Waals surface area contributed by atoms with Crippen molar-refractivity contribution in [2.75, 3.05) is 6.54 Å². The number of nitrogens with one attached hydrogen (secondary N) is 1. The van der Waals surface area contributed by atoms with Gasteiger partial charge in [-0.3, -0.25) is 5.10 Å². The molecule has 15 heavy (non-hydrogen) atoms. The van der Waals surface area contributed by atoms with Crippen molar-refractivity contribution in [1.29, 1.82) is 0 Å². The van der Waals surface area contributed by atoms with Crippen LogP contribution in [0.15, 0.2) is 30.3 Å². The van der Waals surface area contributed by atoms with Gasteiger partial charge in [-0.1, -0.05) is 12.1 Å². The molecule has 0 spiro atoms. The molecular weight excluding hydrogens is 193 g/mol. The van der Waals surface area contributed by atoms with Crippen LogP contribution >= 0.6 is 0 Å². The molecule has 3 N–H and O–H groups in total. The van der Waals surface area contributed by atoms with E-state index in [-0.39, 0.29) is 5.82 Å². The van der Waals surface area contributed by atoms with Crippen LogP contribution in [-0.2, 0) is 6.42 Å². The number of H-pyrrole nitrogens is 1. The van der Waals surface area contributed by atoms with E-state index in [9.17, 15) is 4.39 Å². The molecule has 3 nitrogen and oxygen atoms in total. The van der Waals surface area contributed by atoms with E-state index < -0.39 is 0 Å². The lowest BCUT2D eigenvalue weighted by Crippen LogP contribution is -2.02. The molecule has 0 radical (unpaired) electrons. The summed E-state index contributed by atoms with van der Waals surface area (Å²) >= 11 is 0. The fourth-order valence-electron chi connectivity index (χ4n) is 1.45. The highest BCUT2D eigenvalue weighted by Crippen LogP contribution is 2.20. The average Bonchev–Trinajstić information content (AvgIpc) is 2.68. The predicted octanol–water partition coefficient (Wildman–Crippen LogP) is 1.72. The van der Waals surface area contributed by atoms with Crippen molar-refractivity contribution >= 4 is 0 Å². The molecule has 0 bridgehead atoms. The number of aromatic nitrogens is 2. The van der Waals surface area contributed by atoms with Crippen LogP contribution in [0.25, 0.3) is 11.3 Å². The first-order valence-electron chi connectivity index (χ1n) is 4.80. The maximum absolute atomic E-state index is 13.4. The Morgan fingerprint density at radius 2 is 2.13 bits per heavy atom. The SMILES string of the molecule is NCCc1cc(-c2ccccc2F)n[nH]1. The van der Waals surface area contributed by atoms with Gasteiger partial charge in [0.05, 0.1) is 5.69 Å². The van der Waals surface area contributed by atoms with E-state index in [1.54, 1.807) is 18.2 Å². The Bertz CT molecular complexity index is 451. The lowest BCUT2D eigenvalue weighted by atomic mass is 10.1. The zero-order chi connectivity index (χ0) is 10.7. The Hall–Kier alpha value is -1.68. The van der Waals surface area contributed by atoms with Gasteiger partial charge in [0, 0.05) is 17.7 Å². The van der Waals surface area contributed by atoms with Crippen LogP contribution in [0.2, 0.25) is 0 Å². The normalized spacial score (nSPS) is 10.5. The van der Waals surface area contributed by atoms with Crippen molar-refractivity contribution in [1.82, 2.24) is 10.2 Å². The van der Waals surface area contributed by atoms with E-state index in [1.807, 2.05) is 6.07 Å². The fourth-order valence-corrected chi connectivity index (χ4v) is 1.45. The van der Waals surface area contributed by atoms with E-state index in [4.69, 9.17) is 5.73 Å². The van der Waals surface area contributed by atoms with Gasteiger partial charge in [-0.2, -0.15) is 5.10 Å². The molecular formula is C11H12FN3. The summed E-state index contributed by atoms with van der Waals surface area (Å²) in [4.78, 5) is 0. The monoisotopic (exact) mass is 205 g/mol. The summed E-state index contributed by atoms with van der Waals surface area (Å²) in [5.74, 6) is -0.261. The van der Waals surface area contributed by atoms with Crippen molar-refractivity contribution in [3.63, 3.8) is 0 Å². The van der Waals surface area contributed by atoms with Crippen molar-refractivity contribution in [3.05, 3.63) is 41.8 Å². The second-order valence-corrected chi connectivity index (χ2v) is 3.30. The number of nitrogens with two attached hydrogens (primary N) is 1. The van der Waals surface area contributed by atoms with Gasteiger partial charge in [0.1, 0.15) is 5.82 Å². The van der Waals surface area contributed by atoms with E-state index in [1.165, 1.54) is 6.07 Å². The summed E-state index contributed by atoms with van der Waals surface area (Å²) in [6.45, 7) is 0.554. The molecule has 0 unspecified atom stereocenters. The smallest absolute Gasteiger partial charge is 0.132 e. The minimum Gasteiger partial charge on any atom is -0.330 e. The third-order valence-electron chi connectivity index (χ3n) is 2.19. The third kappa shape index (κ3) is 2.05. The largest absolute Gasteiger partial charge is 0.330 e. The lowest BCUT2D eigenvalue weighted by molar-refractivity contribution is 0.630. The number of benzene rings is 1. The van der Waals surface area contributed by atoms with Crippen LogP contribution in [0.5, 0.6) is 0 Å². The van der Waals surface area contributed by atoms with Crippen molar-refractivity contribution in [2.24, 2.45) is 5.73 Å². The van der Waals surface area contributed by atoms with Crippen LogP contribution in [-0.4, -0.2) is 16.7 Å². The summed E-state index contributed by atoms with van der Waals surface area (Å²) in [5.41, 5.74) is 7.48. The van der Waals surface area contributed by atoms with Gasteiger partial charge in [0.2, 0.25) is 0 Å². The van der Waals surface area contributed by atoms with Crippen molar-refractivity contribution in [3.8, 4) is 11.3 Å². The molecule has 0 aliphatic heterocycles. The van der Waals surface area contributed by atoms with Gasteiger partial charge in [0.15, 0.2) is 0 Å². The zero-order valence-electron chi connectivity index (χ0n) is 8.20. The summed E-state index contributed by atoms with van der Waals surface area (Å²) in [7, 11) is 0. The number of hydrogen-bond acceptors (Lipinski definition) is 2. The van der Waals surface area contributed by atoms with Crippen LogP contribution in [0.3, 0.4) is 0 Å². The number of rotatable bonds is 3. The molecule has 2 rings (SSSR count). The maximum atomic E-state index is 13.4. The minimum atomic E-state index is -0.261. The van der Waals surface area contributed by atoms with Gasteiger partial charge in [0.25, 0.3) is 0 Å². The molecule has 1 aromatic heterocycles. The fraction of sp³-hybridized carbons (Fsp3) is 0.182. The molecule has 1 aromatic carbocycles. The number of aromatic amines is 1. The van der Waals surface area contributed by atoms with E-state index in [0.717, 1.165) is 12.1 Å². The Kier molecular flexibility index (Phi) is 2.78. The molecule has 0 aliphatic rings. The molecule has 0 fully saturated rings. The Labute approximate surface area is 87.1 Å². The topological polar surface area (TPSA) is 54.7 Å². The standard InChI is InChI=1S/C11H12FN3/c12-10-4-2-1-3-9(10)11-7-8(5-6-13)14-15-11/h1-4,7H,5-6,13H2,(H,14,15). The van der Waals surface area contributed by atoms with Gasteiger partial charge in [-0.05, 0) is 24.7 Å². The Morgan fingerprint density at radius 1 is 1.33 bits per heavy atom. The first-order valence-corrected chi connectivity index (χ1v) is 4.80. The molecule has 0 saturated carbocycles. The van der Waals surface area contributed by atoms with Crippen LogP contribution in [0.1, 0.15) is 5.69 Å². The molecule has 0 saturated heterocycles. The van der Waals surface area contributed by atoms with Gasteiger partial charge in [-0.15, -0.1) is 0 Å². The predicted molar refractivity (Wildman–Crippen MR) is 56.7 cm³/mol. The summed E-state index contributed by atoms with van der Waals surface area (Å²) in [6, 6.07) is 8.40. The highest BCUT2D eigenvalue weighted by atomic mass is 19.1. The summed E-state index contributed by atoms with van der Waals surface area (Å²) < 4.78 is 13.4. The minimum absolute atomic E-state index is 0.261. The second kappa shape index (κ2) is 4.23. The summed E-state index contributed by atoms with van der Waals surface area (Å²) in [6.07, 6.45) is 0.724. The zero-order valence-corrected chi connectivity index (χ0v) is 8.20. The Balaban J connectivity index is 2.33. The first kappa shape index (κ1) is 9.86. The van der Waals surface area contributed by atoms with E-state index in [2.05, 4.69) is 10.2 Å². The maximum Gasteiger partial charge on any atom is 0.132 e. The molecule has 4 heteroatoms. The van der Waals surface area contributed by atoms with E-state index >= 15 is 0 Å². The number of hydrogen-bond donors (Lipinski definition) is 2. The molecule has 0 atom stereocenters. The Morgan fingerprint density at radius 3 is 2.87 bits per heavy atom. The quantitative estimate of drug-likeness (QED) is 0.801. The second-order valence-electron chi connectivity index (χ2n) is 3.30. The molecule has 1 heterocycles. The van der Waals surface area contributed by atoms with Crippen molar-refractivity contribution in [2.45, 2.75) is 6.42 Å². The molecule has 0 amide bonds. The number of nitrogens with zero attached hydrogens (tertiary/aromatic N) is 1. The van der Waals surface area contributed by atoms with Gasteiger partial charge >= 0.3 is 0 Å².